The van der Waals surface area contributed by atoms with Crippen LogP contribution < -0.4 is 5.56 Å². The minimum absolute atomic E-state index is 0.306. The first kappa shape index (κ1) is 14.7. The highest BCUT2D eigenvalue weighted by Crippen LogP contribution is 2.27. The summed E-state index contributed by atoms with van der Waals surface area (Å²) in [7, 11) is 0. The fourth-order valence-electron chi connectivity index (χ4n) is 2.91. The summed E-state index contributed by atoms with van der Waals surface area (Å²) >= 11 is 6.16. The van der Waals surface area contributed by atoms with Crippen LogP contribution >= 0.6 is 11.6 Å². The van der Waals surface area contributed by atoms with Crippen molar-refractivity contribution in [3.8, 4) is 17.2 Å². The first-order valence-corrected chi connectivity index (χ1v) is 7.97. The average molecular weight is 365 g/mol. The molecule has 1 aromatic carbocycles. The van der Waals surface area contributed by atoms with E-state index in [9.17, 15) is 4.79 Å². The molecule has 0 radical (unpaired) electrons. The lowest BCUT2D eigenvalue weighted by atomic mass is 10.1. The lowest BCUT2D eigenvalue weighted by Crippen LogP contribution is -2.21. The van der Waals surface area contributed by atoms with Crippen LogP contribution in [0, 0.1) is 0 Å². The van der Waals surface area contributed by atoms with Crippen LogP contribution in [0.2, 0.25) is 5.02 Å². The predicted octanol–water partition coefficient (Wildman–Crippen LogP) is 1.87. The van der Waals surface area contributed by atoms with Gasteiger partial charge in [-0.25, -0.2) is 10.1 Å². The first-order chi connectivity index (χ1) is 12.7. The molecule has 0 spiro atoms. The van der Waals surface area contributed by atoms with Crippen LogP contribution in [0.5, 0.6) is 0 Å². The summed E-state index contributed by atoms with van der Waals surface area (Å²) in [6.45, 7) is 0. The Morgan fingerprint density at radius 2 is 2.04 bits per heavy atom. The molecule has 0 saturated heterocycles. The van der Waals surface area contributed by atoms with E-state index in [0.29, 0.717) is 33.3 Å². The Labute approximate surface area is 149 Å². The van der Waals surface area contributed by atoms with E-state index in [1.165, 1.54) is 21.7 Å². The summed E-state index contributed by atoms with van der Waals surface area (Å²) < 4.78 is 2.90. The number of nitrogens with one attached hydrogen (secondary N) is 1. The van der Waals surface area contributed by atoms with Crippen molar-refractivity contribution in [3.63, 3.8) is 0 Å². The van der Waals surface area contributed by atoms with Crippen molar-refractivity contribution in [3.05, 3.63) is 64.6 Å². The monoisotopic (exact) mass is 364 g/mol. The van der Waals surface area contributed by atoms with Gasteiger partial charge in [-0.05, 0) is 18.2 Å². The molecule has 1 N–H and O–H groups in total. The molecular formula is C16H9ClN8O. The first-order valence-electron chi connectivity index (χ1n) is 7.59. The Hall–Kier alpha value is -3.59. The topological polar surface area (TPSA) is 107 Å². The molecule has 0 fully saturated rings. The summed E-state index contributed by atoms with van der Waals surface area (Å²) in [5.41, 5.74) is 1.48. The van der Waals surface area contributed by atoms with Crippen LogP contribution in [0.4, 0.5) is 0 Å². The normalized spacial score (nSPS) is 11.4. The van der Waals surface area contributed by atoms with Gasteiger partial charge in [-0.15, -0.1) is 0 Å². The third kappa shape index (κ3) is 2.11. The third-order valence-corrected chi connectivity index (χ3v) is 4.23. The summed E-state index contributed by atoms with van der Waals surface area (Å²) in [5.74, 6) is 0.705. The predicted molar refractivity (Wildman–Crippen MR) is 94.3 cm³/mol. The van der Waals surface area contributed by atoms with Gasteiger partial charge in [-0.3, -0.25) is 9.36 Å². The van der Waals surface area contributed by atoms with Gasteiger partial charge in [0, 0.05) is 16.8 Å². The molecule has 126 valence electrons. The molecule has 9 nitrogen and oxygen atoms in total. The molecule has 0 unspecified atom stereocenters. The van der Waals surface area contributed by atoms with Crippen LogP contribution in [-0.2, 0) is 0 Å². The largest absolute Gasteiger partial charge is 0.269 e. The number of hydrogen-bond donors (Lipinski definition) is 1. The van der Waals surface area contributed by atoms with Crippen molar-refractivity contribution in [2.45, 2.75) is 0 Å². The smallest absolute Gasteiger partial charge is 0.268 e. The Morgan fingerprint density at radius 3 is 2.85 bits per heavy atom. The van der Waals surface area contributed by atoms with Gasteiger partial charge in [0.15, 0.2) is 0 Å². The zero-order valence-electron chi connectivity index (χ0n) is 13.0. The fourth-order valence-corrected chi connectivity index (χ4v) is 3.10. The van der Waals surface area contributed by atoms with Crippen molar-refractivity contribution in [2.24, 2.45) is 0 Å². The molecule has 0 saturated carbocycles. The van der Waals surface area contributed by atoms with E-state index in [4.69, 9.17) is 11.6 Å². The van der Waals surface area contributed by atoms with E-state index >= 15 is 0 Å². The van der Waals surface area contributed by atoms with Crippen molar-refractivity contribution < 1.29 is 0 Å². The number of rotatable bonds is 2. The van der Waals surface area contributed by atoms with Crippen molar-refractivity contribution >= 4 is 28.3 Å². The minimum atomic E-state index is -0.306. The maximum Gasteiger partial charge on any atom is 0.269 e. The van der Waals surface area contributed by atoms with Crippen molar-refractivity contribution in [1.29, 1.82) is 0 Å². The van der Waals surface area contributed by atoms with Crippen LogP contribution in [-0.4, -0.2) is 39.3 Å². The van der Waals surface area contributed by atoms with Gasteiger partial charge in [0.1, 0.15) is 12.7 Å². The van der Waals surface area contributed by atoms with E-state index < -0.39 is 0 Å². The van der Waals surface area contributed by atoms with E-state index in [2.05, 4.69) is 30.2 Å². The van der Waals surface area contributed by atoms with Gasteiger partial charge in [0.05, 0.1) is 16.6 Å². The molecular weight excluding hydrogens is 356 g/mol. The van der Waals surface area contributed by atoms with Crippen LogP contribution in [0.25, 0.3) is 33.9 Å². The molecule has 5 rings (SSSR count). The summed E-state index contributed by atoms with van der Waals surface area (Å²) in [4.78, 5) is 25.8. The summed E-state index contributed by atoms with van der Waals surface area (Å²) in [6.07, 6.45) is 4.32. The van der Waals surface area contributed by atoms with Gasteiger partial charge in [-0.2, -0.15) is 24.7 Å². The molecule has 0 bridgehead atoms. The molecule has 0 aliphatic carbocycles. The number of nitrogens with zero attached hydrogens (tertiary/aromatic N) is 7. The van der Waals surface area contributed by atoms with Gasteiger partial charge in [-0.1, -0.05) is 23.7 Å². The van der Waals surface area contributed by atoms with Crippen LogP contribution in [0.1, 0.15) is 0 Å². The zero-order chi connectivity index (χ0) is 17.7. The Bertz CT molecular complexity index is 1320. The maximum absolute atomic E-state index is 13.2. The lowest BCUT2D eigenvalue weighted by molar-refractivity contribution is 0.895. The SMILES string of the molecule is O=c1c2c(-c3cccc(Cl)c3)n3ncnc3nc2ccn1-c1ncn[nH]1. The number of fused-ring (bicyclic) bond motifs is 2. The fraction of sp³-hybridized carbons (Fsp3) is 0. The van der Waals surface area contributed by atoms with Crippen LogP contribution in [0.3, 0.4) is 0 Å². The Kier molecular flexibility index (Phi) is 3.09. The summed E-state index contributed by atoms with van der Waals surface area (Å²) in [6, 6.07) is 8.92. The quantitative estimate of drug-likeness (QED) is 0.512. The zero-order valence-corrected chi connectivity index (χ0v) is 13.8. The highest BCUT2D eigenvalue weighted by Gasteiger charge is 2.18. The number of benzene rings is 1. The molecule has 0 amide bonds. The molecule has 0 atom stereocenters. The number of hydrogen-bond acceptors (Lipinski definition) is 6. The highest BCUT2D eigenvalue weighted by molar-refractivity contribution is 6.30. The van der Waals surface area contributed by atoms with Gasteiger partial charge >= 0.3 is 0 Å². The van der Waals surface area contributed by atoms with Crippen molar-refractivity contribution in [2.75, 3.05) is 0 Å². The molecule has 4 aromatic heterocycles. The lowest BCUT2D eigenvalue weighted by Gasteiger charge is -2.10. The van der Waals surface area contributed by atoms with Gasteiger partial charge < -0.3 is 0 Å². The number of halogens is 1. The van der Waals surface area contributed by atoms with E-state index in [0.717, 1.165) is 5.56 Å². The molecule has 26 heavy (non-hydrogen) atoms. The number of aromatic amines is 1. The minimum Gasteiger partial charge on any atom is -0.268 e. The molecule has 5 aromatic rings. The van der Waals surface area contributed by atoms with Crippen LogP contribution in [0.15, 0.2) is 54.0 Å². The Morgan fingerprint density at radius 1 is 1.12 bits per heavy atom. The number of aromatic nitrogens is 8. The van der Waals surface area contributed by atoms with E-state index in [-0.39, 0.29) is 5.56 Å². The average Bonchev–Trinajstić information content (AvgIpc) is 3.32. The Balaban J connectivity index is 1.97. The number of pyridine rings is 1. The second-order valence-corrected chi connectivity index (χ2v) is 5.94. The summed E-state index contributed by atoms with van der Waals surface area (Å²) in [5, 5.41) is 11.6. The second-order valence-electron chi connectivity index (χ2n) is 5.50. The second kappa shape index (κ2) is 5.46. The molecule has 4 heterocycles. The molecule has 10 heteroatoms. The molecule has 0 aliphatic heterocycles. The molecule has 0 aliphatic rings. The van der Waals surface area contributed by atoms with E-state index in [1.807, 2.05) is 12.1 Å². The maximum atomic E-state index is 13.2. The van der Waals surface area contributed by atoms with E-state index in [1.54, 1.807) is 24.4 Å². The highest BCUT2D eigenvalue weighted by atomic mass is 35.5. The third-order valence-electron chi connectivity index (χ3n) is 4.00. The van der Waals surface area contributed by atoms with Gasteiger partial charge in [0.2, 0.25) is 5.95 Å². The van der Waals surface area contributed by atoms with Crippen molar-refractivity contribution in [1.82, 2.24) is 39.3 Å². The number of H-pyrrole nitrogens is 1. The standard InChI is InChI=1S/C16H9ClN8O/c17-10-3-1-2-9(6-10)13-12-11(22-15-19-8-21-25(13)15)4-5-24(14(12)26)16-18-7-20-23-16/h1-8H,(H,18,20,23). The van der Waals surface area contributed by atoms with Gasteiger partial charge in [0.25, 0.3) is 11.3 Å².